The van der Waals surface area contributed by atoms with Crippen LogP contribution in [0.4, 0.5) is 0 Å². The van der Waals surface area contributed by atoms with Crippen LogP contribution in [0.3, 0.4) is 0 Å². The summed E-state index contributed by atoms with van der Waals surface area (Å²) < 4.78 is 4.48. The second kappa shape index (κ2) is 13.4. The van der Waals surface area contributed by atoms with Gasteiger partial charge in [-0.1, -0.05) is 26.7 Å². The first-order valence-electron chi connectivity index (χ1n) is 5.42. The van der Waals surface area contributed by atoms with Crippen LogP contribution in [0, 0.1) is 0 Å². The van der Waals surface area contributed by atoms with E-state index in [0.29, 0.717) is 12.8 Å². The van der Waals surface area contributed by atoms with Crippen molar-refractivity contribution in [3.8, 4) is 0 Å². The zero-order chi connectivity index (χ0) is 12.1. The molecule has 0 atom stereocenters. The average Bonchev–Trinajstić information content (AvgIpc) is 2.25. The maximum atomic E-state index is 10.7. The van der Waals surface area contributed by atoms with Crippen LogP contribution in [0.1, 0.15) is 52.4 Å². The van der Waals surface area contributed by atoms with Gasteiger partial charge in [0.25, 0.3) is 0 Å². The van der Waals surface area contributed by atoms with Crippen molar-refractivity contribution in [3.05, 3.63) is 0 Å². The molecule has 0 aromatic heterocycles. The number of methoxy groups -OCH3 is 1. The van der Waals surface area contributed by atoms with Gasteiger partial charge in [0.1, 0.15) is 0 Å². The summed E-state index contributed by atoms with van der Waals surface area (Å²) in [6.45, 7) is 4.00. The van der Waals surface area contributed by atoms with E-state index in [1.165, 1.54) is 7.11 Å². The Kier molecular flexibility index (Phi) is 15.1. The molecule has 0 saturated carbocycles. The van der Waals surface area contributed by atoms with Gasteiger partial charge in [0.2, 0.25) is 5.24 Å². The number of carbonyl (C=O) groups is 2. The quantitative estimate of drug-likeness (QED) is 0.387. The Hall–Kier alpha value is -0.570. The largest absolute Gasteiger partial charge is 0.469 e. The molecular weight excluding hydrogens is 216 g/mol. The number of halogens is 1. The lowest BCUT2D eigenvalue weighted by Gasteiger charge is -1.98. The zero-order valence-electron chi connectivity index (χ0n) is 9.85. The van der Waals surface area contributed by atoms with Crippen LogP contribution in [0.25, 0.3) is 0 Å². The highest BCUT2D eigenvalue weighted by molar-refractivity contribution is 6.63. The molecule has 0 N–H and O–H groups in total. The fourth-order valence-electron chi connectivity index (χ4n) is 0.989. The molecule has 0 unspecified atom stereocenters. The lowest BCUT2D eigenvalue weighted by molar-refractivity contribution is -0.140. The fraction of sp³-hybridized carbons (Fsp3) is 0.818. The Labute approximate surface area is 97.1 Å². The third-order valence-corrected chi connectivity index (χ3v) is 1.92. The second-order valence-electron chi connectivity index (χ2n) is 2.85. The monoisotopic (exact) mass is 236 g/mol. The molecule has 0 heterocycles. The van der Waals surface area contributed by atoms with Gasteiger partial charge >= 0.3 is 5.97 Å². The molecular formula is C11H21ClO3. The van der Waals surface area contributed by atoms with Crippen molar-refractivity contribution in [2.24, 2.45) is 0 Å². The highest BCUT2D eigenvalue weighted by Crippen LogP contribution is 2.07. The minimum absolute atomic E-state index is 0.173. The number of rotatable bonds is 7. The summed E-state index contributed by atoms with van der Waals surface area (Å²) in [5.41, 5.74) is 0. The lowest BCUT2D eigenvalue weighted by Crippen LogP contribution is -1.99. The zero-order valence-corrected chi connectivity index (χ0v) is 10.6. The molecule has 0 rings (SSSR count). The molecule has 0 fully saturated rings. The van der Waals surface area contributed by atoms with Gasteiger partial charge in [-0.2, -0.15) is 0 Å². The predicted octanol–water partition coefficient (Wildman–Crippen LogP) is 3.29. The highest BCUT2D eigenvalue weighted by atomic mass is 35.5. The summed E-state index contributed by atoms with van der Waals surface area (Å²) in [5.74, 6) is -0.173. The summed E-state index contributed by atoms with van der Waals surface area (Å²) in [6, 6.07) is 0. The summed E-state index contributed by atoms with van der Waals surface area (Å²) in [7, 11) is 1.38. The standard InChI is InChI=1S/C9H15ClO3.C2H6/c1-13-9(12)7-5-3-2-4-6-8(10)11;1-2/h2-7H2,1H3;1-2H3. The number of esters is 1. The predicted molar refractivity (Wildman–Crippen MR) is 61.9 cm³/mol. The molecule has 15 heavy (non-hydrogen) atoms. The lowest BCUT2D eigenvalue weighted by atomic mass is 10.1. The molecule has 0 bridgehead atoms. The van der Waals surface area contributed by atoms with Crippen LogP contribution < -0.4 is 0 Å². The average molecular weight is 237 g/mol. The third-order valence-electron chi connectivity index (χ3n) is 1.73. The number of carbonyl (C=O) groups excluding carboxylic acids is 2. The van der Waals surface area contributed by atoms with E-state index in [1.54, 1.807) is 0 Å². The summed E-state index contributed by atoms with van der Waals surface area (Å²) in [4.78, 5) is 21.0. The Morgan fingerprint density at radius 1 is 1.00 bits per heavy atom. The van der Waals surface area contributed by atoms with Crippen molar-refractivity contribution in [3.63, 3.8) is 0 Å². The Morgan fingerprint density at radius 2 is 1.47 bits per heavy atom. The van der Waals surface area contributed by atoms with Gasteiger partial charge in [0, 0.05) is 12.8 Å². The van der Waals surface area contributed by atoms with Gasteiger partial charge < -0.3 is 4.74 Å². The minimum Gasteiger partial charge on any atom is -0.469 e. The minimum atomic E-state index is -0.284. The van der Waals surface area contributed by atoms with Crippen molar-refractivity contribution in [1.82, 2.24) is 0 Å². The fourth-order valence-corrected chi connectivity index (χ4v) is 1.12. The normalized spacial score (nSPS) is 8.80. The molecule has 0 aliphatic carbocycles. The van der Waals surface area contributed by atoms with Crippen molar-refractivity contribution >= 4 is 22.8 Å². The van der Waals surface area contributed by atoms with E-state index < -0.39 is 0 Å². The number of unbranched alkanes of at least 4 members (excludes halogenated alkanes) is 3. The molecule has 0 aliphatic heterocycles. The van der Waals surface area contributed by atoms with Crippen LogP contribution in [-0.2, 0) is 14.3 Å². The smallest absolute Gasteiger partial charge is 0.305 e. The van der Waals surface area contributed by atoms with Gasteiger partial charge in [0.15, 0.2) is 0 Å². The van der Waals surface area contributed by atoms with Crippen LogP contribution in [0.2, 0.25) is 0 Å². The van der Waals surface area contributed by atoms with Crippen molar-refractivity contribution < 1.29 is 14.3 Å². The van der Waals surface area contributed by atoms with E-state index in [1.807, 2.05) is 13.8 Å². The maximum Gasteiger partial charge on any atom is 0.305 e. The Balaban J connectivity index is 0. The molecule has 0 aromatic rings. The summed E-state index contributed by atoms with van der Waals surface area (Å²) >= 11 is 5.15. The summed E-state index contributed by atoms with van der Waals surface area (Å²) in [5, 5.41) is -0.284. The number of hydrogen-bond donors (Lipinski definition) is 0. The first-order chi connectivity index (χ1) is 7.16. The second-order valence-corrected chi connectivity index (χ2v) is 3.27. The van der Waals surface area contributed by atoms with Crippen LogP contribution in [0.5, 0.6) is 0 Å². The van der Waals surface area contributed by atoms with E-state index in [4.69, 9.17) is 11.6 Å². The molecule has 3 nitrogen and oxygen atoms in total. The van der Waals surface area contributed by atoms with E-state index in [-0.39, 0.29) is 11.2 Å². The maximum absolute atomic E-state index is 10.7. The van der Waals surface area contributed by atoms with Crippen molar-refractivity contribution in [2.45, 2.75) is 52.4 Å². The molecule has 0 amide bonds. The Bertz CT molecular complexity index is 169. The number of ether oxygens (including phenoxy) is 1. The SMILES string of the molecule is CC.COC(=O)CCCCCCC(=O)Cl. The van der Waals surface area contributed by atoms with E-state index in [9.17, 15) is 9.59 Å². The van der Waals surface area contributed by atoms with Gasteiger partial charge in [-0.3, -0.25) is 9.59 Å². The van der Waals surface area contributed by atoms with Gasteiger partial charge in [-0.05, 0) is 24.4 Å². The van der Waals surface area contributed by atoms with E-state index >= 15 is 0 Å². The molecule has 0 spiro atoms. The topological polar surface area (TPSA) is 43.4 Å². The van der Waals surface area contributed by atoms with Gasteiger partial charge in [-0.25, -0.2) is 0 Å². The highest BCUT2D eigenvalue weighted by Gasteiger charge is 2.00. The van der Waals surface area contributed by atoms with Gasteiger partial charge in [-0.15, -0.1) is 0 Å². The molecule has 0 aliphatic rings. The van der Waals surface area contributed by atoms with Gasteiger partial charge in [0.05, 0.1) is 7.11 Å². The third kappa shape index (κ3) is 16.1. The molecule has 0 aromatic carbocycles. The number of hydrogen-bond acceptors (Lipinski definition) is 3. The van der Waals surface area contributed by atoms with E-state index in [0.717, 1.165) is 25.7 Å². The molecule has 90 valence electrons. The first-order valence-corrected chi connectivity index (χ1v) is 5.79. The van der Waals surface area contributed by atoms with E-state index in [2.05, 4.69) is 4.74 Å². The van der Waals surface area contributed by atoms with Crippen molar-refractivity contribution in [2.75, 3.05) is 7.11 Å². The Morgan fingerprint density at radius 3 is 1.87 bits per heavy atom. The first kappa shape index (κ1) is 16.8. The van der Waals surface area contributed by atoms with Crippen LogP contribution in [0.15, 0.2) is 0 Å². The molecule has 0 radical (unpaired) electrons. The van der Waals surface area contributed by atoms with Crippen LogP contribution in [-0.4, -0.2) is 18.3 Å². The van der Waals surface area contributed by atoms with Crippen LogP contribution >= 0.6 is 11.6 Å². The van der Waals surface area contributed by atoms with Crippen molar-refractivity contribution in [1.29, 1.82) is 0 Å². The molecule has 4 heteroatoms. The molecule has 0 saturated heterocycles. The summed E-state index contributed by atoms with van der Waals surface area (Å²) in [6.07, 6.45) is 4.41.